The lowest BCUT2D eigenvalue weighted by atomic mass is 10.1. The molecule has 16 heavy (non-hydrogen) atoms. The first-order valence-electron chi connectivity index (χ1n) is 5.15. The van der Waals surface area contributed by atoms with E-state index in [4.69, 9.17) is 0 Å². The fourth-order valence-electron chi connectivity index (χ4n) is 1.62. The molecule has 0 bridgehead atoms. The van der Waals surface area contributed by atoms with Crippen LogP contribution in [0.1, 0.15) is 5.56 Å². The molecule has 0 aromatic heterocycles. The average Bonchev–Trinajstić information content (AvgIpc) is 2.18. The Hall–Kier alpha value is -0.810. The van der Waals surface area contributed by atoms with Gasteiger partial charge in [-0.3, -0.25) is 4.21 Å². The van der Waals surface area contributed by atoms with E-state index in [1.807, 2.05) is 0 Å². The standard InChI is InChI=1S/C11H13F2NOS/c12-10-2-1-3-11(13)9(10)7-16(15)6-8-4-14-5-8/h1-3,8,14H,4-7H2. The molecule has 2 rings (SSSR count). The number of halogens is 2. The summed E-state index contributed by atoms with van der Waals surface area (Å²) in [4.78, 5) is 0. The van der Waals surface area contributed by atoms with Crippen LogP contribution in [0.3, 0.4) is 0 Å². The molecule has 1 atom stereocenters. The van der Waals surface area contributed by atoms with E-state index in [1.54, 1.807) is 0 Å². The van der Waals surface area contributed by atoms with Gasteiger partial charge in [0.05, 0.1) is 5.75 Å². The smallest absolute Gasteiger partial charge is 0.130 e. The fraction of sp³-hybridized carbons (Fsp3) is 0.455. The maximum absolute atomic E-state index is 13.3. The Morgan fingerprint density at radius 1 is 1.31 bits per heavy atom. The summed E-state index contributed by atoms with van der Waals surface area (Å²) < 4.78 is 38.2. The summed E-state index contributed by atoms with van der Waals surface area (Å²) in [5.41, 5.74) is -0.0619. The average molecular weight is 245 g/mol. The SMILES string of the molecule is O=S(Cc1c(F)cccc1F)CC1CNC1. The van der Waals surface area contributed by atoms with Gasteiger partial charge in [0.1, 0.15) is 11.6 Å². The quantitative estimate of drug-likeness (QED) is 0.869. The normalized spacial score (nSPS) is 18.1. The topological polar surface area (TPSA) is 29.1 Å². The van der Waals surface area contributed by atoms with Gasteiger partial charge < -0.3 is 5.32 Å². The van der Waals surface area contributed by atoms with E-state index in [0.29, 0.717) is 11.7 Å². The van der Waals surface area contributed by atoms with E-state index in [2.05, 4.69) is 5.32 Å². The Morgan fingerprint density at radius 2 is 1.94 bits per heavy atom. The van der Waals surface area contributed by atoms with Gasteiger partial charge in [-0.1, -0.05) is 6.07 Å². The molecule has 0 amide bonds. The molecule has 1 N–H and O–H groups in total. The Balaban J connectivity index is 1.99. The van der Waals surface area contributed by atoms with Crippen molar-refractivity contribution in [1.82, 2.24) is 5.32 Å². The predicted octanol–water partition coefficient (Wildman–Crippen LogP) is 1.43. The monoisotopic (exact) mass is 245 g/mol. The van der Waals surface area contributed by atoms with Crippen LogP contribution in [0.15, 0.2) is 18.2 Å². The summed E-state index contributed by atoms with van der Waals surface area (Å²) in [5, 5.41) is 3.07. The van der Waals surface area contributed by atoms with Gasteiger partial charge in [-0.2, -0.15) is 0 Å². The first-order chi connectivity index (χ1) is 7.66. The van der Waals surface area contributed by atoms with Gasteiger partial charge in [-0.25, -0.2) is 8.78 Å². The highest BCUT2D eigenvalue weighted by molar-refractivity contribution is 7.84. The van der Waals surface area contributed by atoms with Crippen LogP contribution >= 0.6 is 0 Å². The number of hydrogen-bond acceptors (Lipinski definition) is 2. The third kappa shape index (κ3) is 2.65. The molecule has 0 aliphatic carbocycles. The zero-order valence-electron chi connectivity index (χ0n) is 8.71. The van der Waals surface area contributed by atoms with Crippen LogP contribution in [0.2, 0.25) is 0 Å². The molecule has 1 aromatic rings. The van der Waals surface area contributed by atoms with Crippen LogP contribution in [0.25, 0.3) is 0 Å². The summed E-state index contributed by atoms with van der Waals surface area (Å²) in [6.45, 7) is 1.71. The molecule has 2 nitrogen and oxygen atoms in total. The van der Waals surface area contributed by atoms with Gasteiger partial charge in [0, 0.05) is 35.2 Å². The van der Waals surface area contributed by atoms with Crippen LogP contribution in [-0.4, -0.2) is 23.1 Å². The van der Waals surface area contributed by atoms with Gasteiger partial charge in [-0.05, 0) is 18.1 Å². The number of nitrogens with one attached hydrogen (secondary N) is 1. The molecule has 1 unspecified atom stereocenters. The van der Waals surface area contributed by atoms with E-state index < -0.39 is 22.4 Å². The molecule has 1 fully saturated rings. The Labute approximate surface area is 95.5 Å². The Bertz CT molecular complexity index is 387. The number of benzene rings is 1. The van der Waals surface area contributed by atoms with E-state index >= 15 is 0 Å². The third-order valence-corrected chi connectivity index (χ3v) is 4.11. The van der Waals surface area contributed by atoms with Crippen LogP contribution in [-0.2, 0) is 16.6 Å². The fourth-order valence-corrected chi connectivity index (χ4v) is 3.10. The minimum Gasteiger partial charge on any atom is -0.316 e. The molecule has 0 saturated carbocycles. The van der Waals surface area contributed by atoms with Crippen molar-refractivity contribution in [2.75, 3.05) is 18.8 Å². The van der Waals surface area contributed by atoms with Crippen LogP contribution in [0.5, 0.6) is 0 Å². The van der Waals surface area contributed by atoms with Crippen molar-refractivity contribution in [3.05, 3.63) is 35.4 Å². The Morgan fingerprint density at radius 3 is 2.44 bits per heavy atom. The van der Waals surface area contributed by atoms with Gasteiger partial charge >= 0.3 is 0 Å². The lowest BCUT2D eigenvalue weighted by Crippen LogP contribution is -2.44. The highest BCUT2D eigenvalue weighted by Gasteiger charge is 2.20. The van der Waals surface area contributed by atoms with Crippen molar-refractivity contribution in [1.29, 1.82) is 0 Å². The van der Waals surface area contributed by atoms with E-state index in [0.717, 1.165) is 13.1 Å². The van der Waals surface area contributed by atoms with E-state index in [9.17, 15) is 13.0 Å². The van der Waals surface area contributed by atoms with Crippen LogP contribution in [0.4, 0.5) is 8.78 Å². The molecule has 88 valence electrons. The van der Waals surface area contributed by atoms with Crippen molar-refractivity contribution in [3.63, 3.8) is 0 Å². The minimum absolute atomic E-state index is 0.0327. The summed E-state index contributed by atoms with van der Waals surface area (Å²) >= 11 is 0. The largest absolute Gasteiger partial charge is 0.316 e. The Kier molecular flexibility index (Phi) is 3.66. The highest BCUT2D eigenvalue weighted by Crippen LogP contribution is 2.16. The van der Waals surface area contributed by atoms with Crippen molar-refractivity contribution in [2.45, 2.75) is 5.75 Å². The van der Waals surface area contributed by atoms with Crippen molar-refractivity contribution < 1.29 is 13.0 Å². The summed E-state index contributed by atoms with van der Waals surface area (Å²) in [6.07, 6.45) is 0. The number of hydrogen-bond donors (Lipinski definition) is 1. The van der Waals surface area contributed by atoms with Crippen molar-refractivity contribution >= 4 is 10.8 Å². The molecule has 1 aromatic carbocycles. The maximum Gasteiger partial charge on any atom is 0.130 e. The lowest BCUT2D eigenvalue weighted by Gasteiger charge is -2.26. The van der Waals surface area contributed by atoms with Crippen LogP contribution < -0.4 is 5.32 Å². The molecule has 1 aliphatic heterocycles. The molecule has 5 heteroatoms. The van der Waals surface area contributed by atoms with Crippen molar-refractivity contribution in [2.24, 2.45) is 5.92 Å². The molecular weight excluding hydrogens is 232 g/mol. The van der Waals surface area contributed by atoms with Gasteiger partial charge in [-0.15, -0.1) is 0 Å². The summed E-state index contributed by atoms with van der Waals surface area (Å²) in [6, 6.07) is 3.70. The molecule has 0 spiro atoms. The van der Waals surface area contributed by atoms with E-state index in [1.165, 1.54) is 18.2 Å². The molecule has 1 aliphatic rings. The summed E-state index contributed by atoms with van der Waals surface area (Å²) in [5.74, 6) is -0.355. The maximum atomic E-state index is 13.3. The van der Waals surface area contributed by atoms with Crippen molar-refractivity contribution in [3.8, 4) is 0 Å². The summed E-state index contributed by atoms with van der Waals surface area (Å²) in [7, 11) is -1.19. The molecular formula is C11H13F2NOS. The van der Waals surface area contributed by atoms with Crippen LogP contribution in [0, 0.1) is 17.6 Å². The van der Waals surface area contributed by atoms with Gasteiger partial charge in [0.25, 0.3) is 0 Å². The highest BCUT2D eigenvalue weighted by atomic mass is 32.2. The zero-order valence-corrected chi connectivity index (χ0v) is 9.53. The van der Waals surface area contributed by atoms with Gasteiger partial charge in [0.15, 0.2) is 0 Å². The lowest BCUT2D eigenvalue weighted by molar-refractivity contribution is 0.382. The zero-order chi connectivity index (χ0) is 11.5. The second-order valence-corrected chi connectivity index (χ2v) is 5.48. The second kappa shape index (κ2) is 5.01. The predicted molar refractivity (Wildman–Crippen MR) is 59.4 cm³/mol. The first-order valence-corrected chi connectivity index (χ1v) is 6.64. The minimum atomic E-state index is -1.19. The third-order valence-electron chi connectivity index (χ3n) is 2.65. The molecule has 1 saturated heterocycles. The van der Waals surface area contributed by atoms with E-state index in [-0.39, 0.29) is 11.3 Å². The number of rotatable bonds is 4. The molecule has 0 radical (unpaired) electrons. The molecule has 1 heterocycles. The second-order valence-electron chi connectivity index (χ2n) is 3.98. The first kappa shape index (κ1) is 11.7. The van der Waals surface area contributed by atoms with Gasteiger partial charge in [0.2, 0.25) is 0 Å².